The van der Waals surface area contributed by atoms with Gasteiger partial charge in [-0.2, -0.15) is 0 Å². The Balaban J connectivity index is 1.39. The number of hydrogen-bond acceptors (Lipinski definition) is 3. The first kappa shape index (κ1) is 25.6. The van der Waals surface area contributed by atoms with Crippen LogP contribution in [0.2, 0.25) is 0 Å². The van der Waals surface area contributed by atoms with E-state index in [-0.39, 0.29) is 0 Å². The molecule has 0 unspecified atom stereocenters. The second-order valence-electron chi connectivity index (χ2n) is 9.24. The summed E-state index contributed by atoms with van der Waals surface area (Å²) in [7, 11) is -2.31. The van der Waals surface area contributed by atoms with Crippen LogP contribution in [0.4, 0.5) is 0 Å². The predicted molar refractivity (Wildman–Crippen MR) is 165 cm³/mol. The Hall–Kier alpha value is -4.69. The Labute approximate surface area is 235 Å². The lowest BCUT2D eigenvalue weighted by Gasteiger charge is -2.20. The standard InChI is InChI=1S/C36H27O3P/c37-40(38-33-25-13-23-31(27-15-5-1-6-16-27)35(33)29-19-9-3-10-20-29)39-34-26-14-24-32(28-17-7-2-8-18-28)36(34)30-21-11-4-12-22-30/h1-26,37H. The van der Waals surface area contributed by atoms with Crippen molar-refractivity contribution in [1.82, 2.24) is 0 Å². The molecule has 0 saturated carbocycles. The fraction of sp³-hybridized carbons (Fsp3) is 0. The molecule has 0 aliphatic rings. The normalized spacial score (nSPS) is 10.8. The van der Waals surface area contributed by atoms with Crippen molar-refractivity contribution in [2.24, 2.45) is 0 Å². The zero-order valence-electron chi connectivity index (χ0n) is 21.7. The first-order valence-electron chi connectivity index (χ1n) is 13.1. The Morgan fingerprint density at radius 2 is 0.675 bits per heavy atom. The van der Waals surface area contributed by atoms with E-state index in [2.05, 4.69) is 36.4 Å². The van der Waals surface area contributed by atoms with Crippen LogP contribution in [0, 0.1) is 0 Å². The summed E-state index contributed by atoms with van der Waals surface area (Å²) in [6.45, 7) is 0. The Kier molecular flexibility index (Phi) is 7.68. The van der Waals surface area contributed by atoms with Crippen LogP contribution in [-0.4, -0.2) is 4.89 Å². The highest BCUT2D eigenvalue weighted by atomic mass is 31.2. The minimum atomic E-state index is -2.31. The van der Waals surface area contributed by atoms with Gasteiger partial charge in [-0.25, -0.2) is 0 Å². The van der Waals surface area contributed by atoms with Gasteiger partial charge in [-0.3, -0.25) is 0 Å². The largest absolute Gasteiger partial charge is 0.460 e. The fourth-order valence-electron chi connectivity index (χ4n) is 4.92. The third-order valence-corrected chi connectivity index (χ3v) is 7.41. The van der Waals surface area contributed by atoms with Gasteiger partial charge in [0, 0.05) is 11.1 Å². The van der Waals surface area contributed by atoms with E-state index < -0.39 is 8.60 Å². The molecule has 0 bridgehead atoms. The lowest BCUT2D eigenvalue weighted by atomic mass is 9.94. The summed E-state index contributed by atoms with van der Waals surface area (Å²) in [4.78, 5) is 11.2. The number of benzene rings is 6. The van der Waals surface area contributed by atoms with E-state index in [1.54, 1.807) is 0 Å². The van der Waals surface area contributed by atoms with Gasteiger partial charge in [0.15, 0.2) is 0 Å². The van der Waals surface area contributed by atoms with Gasteiger partial charge < -0.3 is 13.9 Å². The van der Waals surface area contributed by atoms with E-state index >= 15 is 0 Å². The zero-order valence-corrected chi connectivity index (χ0v) is 22.6. The third-order valence-electron chi connectivity index (χ3n) is 6.70. The molecule has 0 saturated heterocycles. The maximum Gasteiger partial charge on any atom is 0.460 e. The van der Waals surface area contributed by atoms with Crippen LogP contribution in [0.1, 0.15) is 0 Å². The Morgan fingerprint density at radius 1 is 0.350 bits per heavy atom. The van der Waals surface area contributed by atoms with Crippen LogP contribution in [0.5, 0.6) is 11.5 Å². The molecule has 194 valence electrons. The topological polar surface area (TPSA) is 38.7 Å². The summed E-state index contributed by atoms with van der Waals surface area (Å²) in [5, 5.41) is 0. The maximum absolute atomic E-state index is 11.2. The minimum absolute atomic E-state index is 0.557. The van der Waals surface area contributed by atoms with E-state index in [1.807, 2.05) is 121 Å². The minimum Gasteiger partial charge on any atom is -0.417 e. The van der Waals surface area contributed by atoms with Crippen LogP contribution < -0.4 is 9.05 Å². The van der Waals surface area contributed by atoms with E-state index in [0.717, 1.165) is 44.5 Å². The molecule has 0 radical (unpaired) electrons. The van der Waals surface area contributed by atoms with Crippen molar-refractivity contribution in [3.05, 3.63) is 158 Å². The van der Waals surface area contributed by atoms with Gasteiger partial charge in [0.1, 0.15) is 11.5 Å². The first-order valence-corrected chi connectivity index (χ1v) is 14.2. The van der Waals surface area contributed by atoms with Gasteiger partial charge in [0.25, 0.3) is 0 Å². The van der Waals surface area contributed by atoms with Gasteiger partial charge in [0.05, 0.1) is 0 Å². The molecular weight excluding hydrogens is 511 g/mol. The highest BCUT2D eigenvalue weighted by molar-refractivity contribution is 7.41. The molecule has 0 atom stereocenters. The van der Waals surface area contributed by atoms with E-state index in [0.29, 0.717) is 11.5 Å². The summed E-state index contributed by atoms with van der Waals surface area (Å²) in [6, 6.07) is 52.3. The monoisotopic (exact) mass is 538 g/mol. The fourth-order valence-corrected chi connectivity index (χ4v) is 5.60. The molecule has 1 N–H and O–H groups in total. The van der Waals surface area contributed by atoms with E-state index in [1.165, 1.54) is 0 Å². The molecule has 0 fully saturated rings. The zero-order chi connectivity index (χ0) is 27.1. The van der Waals surface area contributed by atoms with Crippen molar-refractivity contribution in [2.75, 3.05) is 0 Å². The molecule has 0 heterocycles. The third kappa shape index (κ3) is 5.53. The lowest BCUT2D eigenvalue weighted by molar-refractivity contribution is 0.383. The summed E-state index contributed by atoms with van der Waals surface area (Å²) in [5.74, 6) is 1.11. The van der Waals surface area contributed by atoms with Crippen LogP contribution in [-0.2, 0) is 0 Å². The van der Waals surface area contributed by atoms with Crippen molar-refractivity contribution >= 4 is 8.60 Å². The molecule has 6 aromatic rings. The molecular formula is C36H27O3P. The molecule has 0 aromatic heterocycles. The average Bonchev–Trinajstić information content (AvgIpc) is 3.02. The Bertz CT molecular complexity index is 1560. The average molecular weight is 539 g/mol. The van der Waals surface area contributed by atoms with Crippen molar-refractivity contribution in [2.45, 2.75) is 0 Å². The first-order chi connectivity index (χ1) is 19.8. The molecule has 40 heavy (non-hydrogen) atoms. The molecule has 3 nitrogen and oxygen atoms in total. The van der Waals surface area contributed by atoms with Crippen LogP contribution in [0.3, 0.4) is 0 Å². The van der Waals surface area contributed by atoms with Crippen molar-refractivity contribution < 1.29 is 13.9 Å². The van der Waals surface area contributed by atoms with Crippen LogP contribution >= 0.6 is 8.60 Å². The van der Waals surface area contributed by atoms with Gasteiger partial charge >= 0.3 is 8.60 Å². The summed E-state index contributed by atoms with van der Waals surface area (Å²) in [5.41, 5.74) is 7.97. The molecule has 6 rings (SSSR count). The molecule has 4 heteroatoms. The quantitative estimate of drug-likeness (QED) is 0.196. The molecule has 0 aliphatic carbocycles. The SMILES string of the molecule is OP(Oc1cccc(-c2ccccc2)c1-c1ccccc1)Oc1cccc(-c2ccccc2)c1-c1ccccc1. The highest BCUT2D eigenvalue weighted by Gasteiger charge is 2.21. The van der Waals surface area contributed by atoms with Gasteiger partial charge in [0.2, 0.25) is 0 Å². The van der Waals surface area contributed by atoms with Crippen LogP contribution in [0.25, 0.3) is 44.5 Å². The van der Waals surface area contributed by atoms with Crippen molar-refractivity contribution in [3.63, 3.8) is 0 Å². The Morgan fingerprint density at radius 3 is 1.02 bits per heavy atom. The number of rotatable bonds is 8. The van der Waals surface area contributed by atoms with Gasteiger partial charge in [-0.1, -0.05) is 146 Å². The smallest absolute Gasteiger partial charge is 0.417 e. The predicted octanol–water partition coefficient (Wildman–Crippen LogP) is 10.0. The van der Waals surface area contributed by atoms with Gasteiger partial charge in [-0.05, 0) is 45.5 Å². The van der Waals surface area contributed by atoms with Crippen molar-refractivity contribution in [1.29, 1.82) is 0 Å². The summed E-state index contributed by atoms with van der Waals surface area (Å²) < 4.78 is 12.4. The van der Waals surface area contributed by atoms with Gasteiger partial charge in [-0.15, -0.1) is 0 Å². The molecule has 0 spiro atoms. The molecule has 0 aliphatic heterocycles. The number of hydrogen-bond donors (Lipinski definition) is 1. The van der Waals surface area contributed by atoms with Crippen LogP contribution in [0.15, 0.2) is 158 Å². The highest BCUT2D eigenvalue weighted by Crippen LogP contribution is 2.48. The van der Waals surface area contributed by atoms with E-state index in [9.17, 15) is 4.89 Å². The summed E-state index contributed by atoms with van der Waals surface area (Å²) in [6.07, 6.45) is 0. The molecule has 6 aromatic carbocycles. The maximum atomic E-state index is 11.2. The second kappa shape index (κ2) is 12.0. The second-order valence-corrected chi connectivity index (χ2v) is 10.1. The molecule has 0 amide bonds. The lowest BCUT2D eigenvalue weighted by Crippen LogP contribution is -1.99. The van der Waals surface area contributed by atoms with Crippen molar-refractivity contribution in [3.8, 4) is 56.0 Å². The van der Waals surface area contributed by atoms with E-state index in [4.69, 9.17) is 9.05 Å². The summed E-state index contributed by atoms with van der Waals surface area (Å²) >= 11 is 0.